The van der Waals surface area contributed by atoms with Crippen LogP contribution < -0.4 is 0 Å². The van der Waals surface area contributed by atoms with Crippen molar-refractivity contribution in [1.29, 1.82) is 0 Å². The molecular weight excluding hydrogens is 266 g/mol. The molecule has 5 heteroatoms. The number of imidazole rings is 1. The summed E-state index contributed by atoms with van der Waals surface area (Å²) >= 11 is 0. The summed E-state index contributed by atoms with van der Waals surface area (Å²) in [5.41, 5.74) is 3.40. The van der Waals surface area contributed by atoms with Crippen LogP contribution in [-0.4, -0.2) is 14.7 Å². The third-order valence-corrected chi connectivity index (χ3v) is 4.00. The van der Waals surface area contributed by atoms with E-state index >= 15 is 0 Å². The molecule has 0 radical (unpaired) electrons. The molecule has 2 aromatic carbocycles. The van der Waals surface area contributed by atoms with E-state index in [0.29, 0.717) is 18.5 Å². The van der Waals surface area contributed by atoms with Gasteiger partial charge in [-0.05, 0) is 12.5 Å². The number of aryl methyl sites for hydroxylation is 1. The molecule has 3 aromatic rings. The molecule has 104 valence electrons. The van der Waals surface area contributed by atoms with Crippen LogP contribution >= 0.6 is 0 Å². The zero-order chi connectivity index (χ0) is 14.4. The third-order valence-electron chi connectivity index (χ3n) is 4.00. The summed E-state index contributed by atoms with van der Waals surface area (Å²) in [7, 11) is 0. The predicted octanol–water partition coefficient (Wildman–Crippen LogP) is 3.62. The zero-order valence-electron chi connectivity index (χ0n) is 11.2. The molecule has 0 amide bonds. The molecule has 0 saturated heterocycles. The number of rotatable bonds is 2. The van der Waals surface area contributed by atoms with Crippen molar-refractivity contribution >= 4 is 11.0 Å². The Morgan fingerprint density at radius 3 is 2.81 bits per heavy atom. The Morgan fingerprint density at radius 1 is 1.24 bits per heavy atom. The van der Waals surface area contributed by atoms with Crippen LogP contribution in [0.3, 0.4) is 0 Å². The zero-order valence-corrected chi connectivity index (χ0v) is 11.2. The highest BCUT2D eigenvalue weighted by atomic mass is 16.3. The van der Waals surface area contributed by atoms with Gasteiger partial charge in [0, 0.05) is 23.7 Å². The van der Waals surface area contributed by atoms with Crippen molar-refractivity contribution in [3.05, 3.63) is 52.9 Å². The van der Waals surface area contributed by atoms with Gasteiger partial charge in [-0.25, -0.2) is 4.98 Å². The van der Waals surface area contributed by atoms with Crippen molar-refractivity contribution < 1.29 is 5.11 Å². The monoisotopic (exact) mass is 279 g/mol. The first-order valence-electron chi connectivity index (χ1n) is 6.89. The smallest absolute Gasteiger partial charge is 0.141 e. The van der Waals surface area contributed by atoms with Gasteiger partial charge in [0.1, 0.15) is 17.6 Å². The van der Waals surface area contributed by atoms with E-state index in [2.05, 4.69) is 14.7 Å². The minimum absolute atomic E-state index is 0.123. The molecule has 1 aliphatic rings. The summed E-state index contributed by atoms with van der Waals surface area (Å²) in [6.07, 6.45) is 0.630. The van der Waals surface area contributed by atoms with Gasteiger partial charge in [0.15, 0.2) is 0 Å². The van der Waals surface area contributed by atoms with Gasteiger partial charge < -0.3 is 9.67 Å². The van der Waals surface area contributed by atoms with Gasteiger partial charge in [0.05, 0.1) is 11.0 Å². The van der Waals surface area contributed by atoms with E-state index in [1.807, 2.05) is 30.3 Å². The van der Waals surface area contributed by atoms with Gasteiger partial charge in [-0.2, -0.15) is 4.91 Å². The Balaban J connectivity index is 2.05. The molecule has 4 rings (SSSR count). The summed E-state index contributed by atoms with van der Waals surface area (Å²) < 4.78 is 2.11. The van der Waals surface area contributed by atoms with Crippen LogP contribution in [0.15, 0.2) is 47.6 Å². The van der Waals surface area contributed by atoms with Crippen LogP contribution in [0.1, 0.15) is 18.0 Å². The average molecular weight is 279 g/mol. The number of nitrogens with zero attached hydrogens (tertiary/aromatic N) is 3. The Morgan fingerprint density at radius 2 is 2.05 bits per heavy atom. The second-order valence-electron chi connectivity index (χ2n) is 5.27. The number of phenols is 1. The lowest BCUT2D eigenvalue weighted by Crippen LogP contribution is -2.12. The van der Waals surface area contributed by atoms with E-state index in [-0.39, 0.29) is 5.75 Å². The van der Waals surface area contributed by atoms with Crippen molar-refractivity contribution in [2.75, 3.05) is 0 Å². The highest BCUT2D eigenvalue weighted by molar-refractivity contribution is 5.86. The van der Waals surface area contributed by atoms with Crippen LogP contribution in [0.4, 0.5) is 0 Å². The molecule has 1 N–H and O–H groups in total. The van der Waals surface area contributed by atoms with E-state index in [1.54, 1.807) is 12.1 Å². The fraction of sp³-hybridized carbons (Fsp3) is 0.188. The lowest BCUT2D eigenvalue weighted by molar-refractivity contribution is 0.472. The molecule has 5 nitrogen and oxygen atoms in total. The lowest BCUT2D eigenvalue weighted by atomic mass is 9.99. The Hall–Kier alpha value is -2.69. The van der Waals surface area contributed by atoms with Gasteiger partial charge in [0.25, 0.3) is 0 Å². The maximum absolute atomic E-state index is 11.0. The van der Waals surface area contributed by atoms with E-state index in [4.69, 9.17) is 0 Å². The first kappa shape index (κ1) is 12.1. The number of hydrogen-bond donors (Lipinski definition) is 1. The molecule has 1 unspecified atom stereocenters. The van der Waals surface area contributed by atoms with Crippen molar-refractivity contribution in [2.45, 2.75) is 19.0 Å². The van der Waals surface area contributed by atoms with Gasteiger partial charge >= 0.3 is 0 Å². The SMILES string of the molecule is O=NC1CCn2c(-c3ccccc3)nc3cc(O)cc1c32. The molecule has 1 aromatic heterocycles. The first-order valence-corrected chi connectivity index (χ1v) is 6.89. The minimum atomic E-state index is -0.410. The molecule has 1 aliphatic heterocycles. The number of hydrogen-bond acceptors (Lipinski definition) is 4. The van der Waals surface area contributed by atoms with E-state index in [1.165, 1.54) is 0 Å². The molecule has 0 spiro atoms. The van der Waals surface area contributed by atoms with Gasteiger partial charge in [0.2, 0.25) is 0 Å². The van der Waals surface area contributed by atoms with Crippen LogP contribution in [0.2, 0.25) is 0 Å². The normalized spacial score (nSPS) is 17.0. The minimum Gasteiger partial charge on any atom is -0.508 e. The second kappa shape index (κ2) is 4.41. The van der Waals surface area contributed by atoms with E-state index < -0.39 is 6.04 Å². The fourth-order valence-corrected chi connectivity index (χ4v) is 3.08. The van der Waals surface area contributed by atoms with Crippen LogP contribution in [0, 0.1) is 4.91 Å². The fourth-order valence-electron chi connectivity index (χ4n) is 3.08. The highest BCUT2D eigenvalue weighted by Gasteiger charge is 2.26. The molecule has 2 heterocycles. The summed E-state index contributed by atoms with van der Waals surface area (Å²) in [4.78, 5) is 15.7. The van der Waals surface area contributed by atoms with Gasteiger partial charge in [-0.15, -0.1) is 0 Å². The predicted molar refractivity (Wildman–Crippen MR) is 80.0 cm³/mol. The van der Waals surface area contributed by atoms with E-state index in [9.17, 15) is 10.0 Å². The summed E-state index contributed by atoms with van der Waals surface area (Å²) in [6.45, 7) is 0.703. The third kappa shape index (κ3) is 1.74. The standard InChI is InChI=1S/C16H13N3O2/c20-11-8-12-13(18-21)6-7-19-15(12)14(9-11)17-16(19)10-4-2-1-3-5-10/h1-5,8-9,13,20H,6-7H2. The summed E-state index contributed by atoms with van der Waals surface area (Å²) in [6, 6.07) is 12.8. The van der Waals surface area contributed by atoms with Crippen molar-refractivity contribution in [1.82, 2.24) is 9.55 Å². The molecule has 0 saturated carbocycles. The highest BCUT2D eigenvalue weighted by Crippen LogP contribution is 2.39. The number of nitroso groups, excluding NO2 is 1. The topological polar surface area (TPSA) is 67.5 Å². The Bertz CT molecular complexity index is 840. The molecule has 0 aliphatic carbocycles. The Kier molecular flexibility index (Phi) is 2.54. The number of aromatic nitrogens is 2. The second-order valence-corrected chi connectivity index (χ2v) is 5.27. The van der Waals surface area contributed by atoms with Gasteiger partial charge in [-0.3, -0.25) is 0 Å². The van der Waals surface area contributed by atoms with Crippen molar-refractivity contribution in [3.63, 3.8) is 0 Å². The molecule has 21 heavy (non-hydrogen) atoms. The van der Waals surface area contributed by atoms with Crippen LogP contribution in [0.25, 0.3) is 22.4 Å². The largest absolute Gasteiger partial charge is 0.508 e. The average Bonchev–Trinajstić information content (AvgIpc) is 2.88. The Labute approximate surface area is 120 Å². The summed E-state index contributed by atoms with van der Waals surface area (Å²) in [5, 5.41) is 13.0. The summed E-state index contributed by atoms with van der Waals surface area (Å²) in [5.74, 6) is 0.985. The van der Waals surface area contributed by atoms with Gasteiger partial charge in [-0.1, -0.05) is 35.5 Å². The molecule has 0 fully saturated rings. The molecular formula is C16H13N3O2. The number of phenolic OH excluding ortho intramolecular Hbond substituents is 1. The van der Waals surface area contributed by atoms with E-state index in [0.717, 1.165) is 22.5 Å². The molecule has 0 bridgehead atoms. The molecule has 1 atom stereocenters. The van der Waals surface area contributed by atoms with Crippen molar-refractivity contribution in [3.8, 4) is 17.1 Å². The van der Waals surface area contributed by atoms with Crippen LogP contribution in [0.5, 0.6) is 5.75 Å². The van der Waals surface area contributed by atoms with Crippen molar-refractivity contribution in [2.24, 2.45) is 5.18 Å². The first-order chi connectivity index (χ1) is 10.3. The maximum Gasteiger partial charge on any atom is 0.141 e. The van der Waals surface area contributed by atoms with Crippen LogP contribution in [-0.2, 0) is 6.54 Å². The lowest BCUT2D eigenvalue weighted by Gasteiger charge is -2.20. The number of benzene rings is 2. The number of aromatic hydroxyl groups is 1. The quantitative estimate of drug-likeness (QED) is 0.728. The maximum atomic E-state index is 11.0.